The molecular formula is C13H15N3O4S. The van der Waals surface area contributed by atoms with Crippen molar-refractivity contribution in [2.75, 3.05) is 12.9 Å². The molecule has 3 rings (SSSR count). The Morgan fingerprint density at radius 2 is 2.29 bits per heavy atom. The lowest BCUT2D eigenvalue weighted by atomic mass is 10.1. The average molecular weight is 309 g/mol. The Bertz CT molecular complexity index is 793. The number of amides is 1. The number of hydrogen-bond acceptors (Lipinski definition) is 5. The molecule has 1 aliphatic rings. The van der Waals surface area contributed by atoms with Gasteiger partial charge in [0.25, 0.3) is 5.91 Å². The summed E-state index contributed by atoms with van der Waals surface area (Å²) in [5, 5.41) is 0. The molecule has 1 aromatic heterocycles. The Kier molecular flexibility index (Phi) is 3.42. The molecule has 1 aliphatic heterocycles. The van der Waals surface area contributed by atoms with E-state index in [0.717, 1.165) is 30.3 Å². The van der Waals surface area contributed by atoms with E-state index in [1.54, 1.807) is 24.5 Å². The number of sulfonamides is 1. The molecule has 1 saturated heterocycles. The van der Waals surface area contributed by atoms with Gasteiger partial charge in [-0.15, -0.1) is 0 Å². The maximum atomic E-state index is 11.9. The van der Waals surface area contributed by atoms with Gasteiger partial charge in [0.1, 0.15) is 0 Å². The number of fused-ring (bicyclic) bond motifs is 1. The maximum Gasteiger partial charge on any atom is 0.264 e. The van der Waals surface area contributed by atoms with Crippen molar-refractivity contribution < 1.29 is 17.9 Å². The third-order valence-electron chi connectivity index (χ3n) is 3.36. The van der Waals surface area contributed by atoms with Crippen LogP contribution in [0.15, 0.2) is 24.5 Å². The normalized spacial score (nSPS) is 18.4. The van der Waals surface area contributed by atoms with Crippen LogP contribution < -0.4 is 4.72 Å². The van der Waals surface area contributed by atoms with E-state index >= 15 is 0 Å². The van der Waals surface area contributed by atoms with E-state index in [-0.39, 0.29) is 11.7 Å². The van der Waals surface area contributed by atoms with Crippen LogP contribution in [0, 0.1) is 0 Å². The van der Waals surface area contributed by atoms with Crippen molar-refractivity contribution in [3.63, 3.8) is 0 Å². The Morgan fingerprint density at radius 1 is 1.52 bits per heavy atom. The van der Waals surface area contributed by atoms with Crippen LogP contribution in [0.1, 0.15) is 16.8 Å². The molecule has 21 heavy (non-hydrogen) atoms. The monoisotopic (exact) mass is 309 g/mol. The SMILES string of the molecule is CS(=O)(=O)NC(=O)c1ccc2ncn(C[C@@H]3CCO3)c2c1. The van der Waals surface area contributed by atoms with Crippen molar-refractivity contribution in [3.05, 3.63) is 30.1 Å². The molecule has 2 aromatic rings. The minimum atomic E-state index is -3.58. The number of aromatic nitrogens is 2. The average Bonchev–Trinajstić information content (AvgIpc) is 2.74. The zero-order chi connectivity index (χ0) is 15.0. The lowest BCUT2D eigenvalue weighted by Gasteiger charge is -2.26. The molecule has 1 fully saturated rings. The van der Waals surface area contributed by atoms with E-state index in [0.29, 0.717) is 6.54 Å². The molecule has 0 aliphatic carbocycles. The largest absolute Gasteiger partial charge is 0.376 e. The van der Waals surface area contributed by atoms with Gasteiger partial charge >= 0.3 is 0 Å². The zero-order valence-electron chi connectivity index (χ0n) is 11.4. The lowest BCUT2D eigenvalue weighted by molar-refractivity contribution is -0.0586. The van der Waals surface area contributed by atoms with E-state index in [4.69, 9.17) is 4.74 Å². The number of rotatable bonds is 4. The molecule has 0 spiro atoms. The first-order valence-corrected chi connectivity index (χ1v) is 8.40. The van der Waals surface area contributed by atoms with Crippen LogP contribution in [0.5, 0.6) is 0 Å². The van der Waals surface area contributed by atoms with Crippen LogP contribution in [0.25, 0.3) is 11.0 Å². The van der Waals surface area contributed by atoms with E-state index in [1.807, 2.05) is 9.29 Å². The van der Waals surface area contributed by atoms with E-state index in [2.05, 4.69) is 4.98 Å². The number of hydrogen-bond donors (Lipinski definition) is 1. The lowest BCUT2D eigenvalue weighted by Crippen LogP contribution is -2.31. The van der Waals surface area contributed by atoms with Crippen molar-refractivity contribution in [1.29, 1.82) is 0 Å². The standard InChI is InChI=1S/C13H15N3O4S/c1-21(18,19)15-13(17)9-2-3-11-12(6-9)16(8-14-11)7-10-4-5-20-10/h2-3,6,8,10H,4-5,7H2,1H3,(H,15,17)/t10-/m0/s1. The van der Waals surface area contributed by atoms with E-state index < -0.39 is 15.9 Å². The number of nitrogens with zero attached hydrogens (tertiary/aromatic N) is 2. The molecule has 0 radical (unpaired) electrons. The van der Waals surface area contributed by atoms with Crippen molar-refractivity contribution in [2.24, 2.45) is 0 Å². The molecule has 0 bridgehead atoms. The summed E-state index contributed by atoms with van der Waals surface area (Å²) in [7, 11) is -3.58. The fourth-order valence-electron chi connectivity index (χ4n) is 2.22. The number of carbonyl (C=O) groups is 1. The van der Waals surface area contributed by atoms with Crippen LogP contribution in [0.4, 0.5) is 0 Å². The molecule has 1 atom stereocenters. The van der Waals surface area contributed by atoms with Gasteiger partial charge in [0.05, 0.1) is 36.3 Å². The summed E-state index contributed by atoms with van der Waals surface area (Å²) in [6.07, 6.45) is 3.83. The van der Waals surface area contributed by atoms with Crippen molar-refractivity contribution in [1.82, 2.24) is 14.3 Å². The Hall–Kier alpha value is -1.93. The number of imidazole rings is 1. The van der Waals surface area contributed by atoms with E-state index in [1.165, 1.54) is 0 Å². The quantitative estimate of drug-likeness (QED) is 0.889. The predicted molar refractivity (Wildman–Crippen MR) is 76.4 cm³/mol. The van der Waals surface area contributed by atoms with Gasteiger partial charge in [-0.25, -0.2) is 18.1 Å². The predicted octanol–water partition coefficient (Wildman–Crippen LogP) is 0.515. The highest BCUT2D eigenvalue weighted by Gasteiger charge is 2.20. The summed E-state index contributed by atoms with van der Waals surface area (Å²) in [5.74, 6) is -0.646. The van der Waals surface area contributed by atoms with Gasteiger partial charge < -0.3 is 9.30 Å². The fourth-order valence-corrected chi connectivity index (χ4v) is 2.67. The number of benzene rings is 1. The van der Waals surface area contributed by atoms with E-state index in [9.17, 15) is 13.2 Å². The first-order chi connectivity index (χ1) is 9.92. The first-order valence-electron chi connectivity index (χ1n) is 6.51. The minimum Gasteiger partial charge on any atom is -0.376 e. The fraction of sp³-hybridized carbons (Fsp3) is 0.385. The second-order valence-electron chi connectivity index (χ2n) is 5.09. The molecule has 0 unspecified atom stereocenters. The summed E-state index contributed by atoms with van der Waals surface area (Å²) >= 11 is 0. The topological polar surface area (TPSA) is 90.3 Å². The van der Waals surface area contributed by atoms with Gasteiger partial charge in [-0.3, -0.25) is 4.79 Å². The Morgan fingerprint density at radius 3 is 2.90 bits per heavy atom. The molecule has 1 amide bonds. The highest BCUT2D eigenvalue weighted by atomic mass is 32.2. The van der Waals surface area contributed by atoms with Crippen LogP contribution in [-0.4, -0.2) is 42.8 Å². The second-order valence-corrected chi connectivity index (χ2v) is 6.83. The minimum absolute atomic E-state index is 0.177. The molecule has 2 heterocycles. The molecule has 1 N–H and O–H groups in total. The summed E-state index contributed by atoms with van der Waals surface area (Å²) in [4.78, 5) is 16.1. The van der Waals surface area contributed by atoms with Crippen molar-refractivity contribution >= 4 is 27.0 Å². The van der Waals surface area contributed by atoms with Gasteiger partial charge in [0.15, 0.2) is 0 Å². The Labute approximate surface area is 122 Å². The van der Waals surface area contributed by atoms with Crippen LogP contribution in [-0.2, 0) is 21.3 Å². The van der Waals surface area contributed by atoms with Crippen LogP contribution in [0.3, 0.4) is 0 Å². The van der Waals surface area contributed by atoms with Gasteiger partial charge in [-0.2, -0.15) is 0 Å². The molecule has 8 heteroatoms. The van der Waals surface area contributed by atoms with Crippen molar-refractivity contribution in [2.45, 2.75) is 19.1 Å². The zero-order valence-corrected chi connectivity index (χ0v) is 12.3. The van der Waals surface area contributed by atoms with Gasteiger partial charge in [0.2, 0.25) is 10.0 Å². The summed E-state index contributed by atoms with van der Waals surface area (Å²) in [6.45, 7) is 1.45. The van der Waals surface area contributed by atoms with Crippen molar-refractivity contribution in [3.8, 4) is 0 Å². The van der Waals surface area contributed by atoms with Crippen LogP contribution in [0.2, 0.25) is 0 Å². The highest BCUT2D eigenvalue weighted by Crippen LogP contribution is 2.19. The summed E-state index contributed by atoms with van der Waals surface area (Å²) in [5.41, 5.74) is 1.82. The molecule has 0 saturated carbocycles. The van der Waals surface area contributed by atoms with Gasteiger partial charge in [0, 0.05) is 12.2 Å². The van der Waals surface area contributed by atoms with Crippen LogP contribution >= 0.6 is 0 Å². The molecule has 112 valence electrons. The second kappa shape index (κ2) is 5.12. The third-order valence-corrected chi connectivity index (χ3v) is 3.91. The molecule has 7 nitrogen and oxygen atoms in total. The summed E-state index contributed by atoms with van der Waals surface area (Å²) < 4.78 is 31.5. The highest BCUT2D eigenvalue weighted by molar-refractivity contribution is 7.89. The van der Waals surface area contributed by atoms with Gasteiger partial charge in [-0.1, -0.05) is 0 Å². The molecule has 1 aromatic carbocycles. The number of carbonyl (C=O) groups excluding carboxylic acids is 1. The molecular weight excluding hydrogens is 294 g/mol. The Balaban J connectivity index is 1.90. The number of nitrogens with one attached hydrogen (secondary N) is 1. The smallest absolute Gasteiger partial charge is 0.264 e. The first kappa shape index (κ1) is 14.0. The maximum absolute atomic E-state index is 11.9. The summed E-state index contributed by atoms with van der Waals surface area (Å²) in [6, 6.07) is 4.90. The third kappa shape index (κ3) is 3.06. The number of ether oxygens (including phenoxy) is 1. The van der Waals surface area contributed by atoms with Gasteiger partial charge in [-0.05, 0) is 24.6 Å².